The van der Waals surface area contributed by atoms with E-state index in [1.807, 2.05) is 43.3 Å². The zero-order chi connectivity index (χ0) is 25.2. The Morgan fingerprint density at radius 3 is 2.17 bits per heavy atom. The van der Waals surface area contributed by atoms with E-state index in [9.17, 15) is 14.4 Å². The van der Waals surface area contributed by atoms with Gasteiger partial charge in [-0.15, -0.1) is 0 Å². The fraction of sp³-hybridized carbons (Fsp3) is 0.444. The van der Waals surface area contributed by atoms with E-state index in [2.05, 4.69) is 22.8 Å². The Morgan fingerprint density at radius 1 is 0.943 bits per heavy atom. The van der Waals surface area contributed by atoms with Gasteiger partial charge < -0.3 is 25.2 Å². The number of carboxylic acid groups (broad SMARTS) is 1. The van der Waals surface area contributed by atoms with E-state index in [-0.39, 0.29) is 30.9 Å². The molecule has 1 aliphatic rings. The number of methoxy groups -OCH3 is 1. The van der Waals surface area contributed by atoms with Crippen molar-refractivity contribution in [2.45, 2.75) is 57.0 Å². The van der Waals surface area contributed by atoms with Gasteiger partial charge in [0.2, 0.25) is 5.91 Å². The first kappa shape index (κ1) is 26.2. The van der Waals surface area contributed by atoms with Crippen LogP contribution in [0, 0.1) is 0 Å². The molecule has 0 saturated carbocycles. The van der Waals surface area contributed by atoms with Crippen LogP contribution in [-0.4, -0.2) is 55.5 Å². The van der Waals surface area contributed by atoms with E-state index in [1.165, 1.54) is 0 Å². The van der Waals surface area contributed by atoms with Gasteiger partial charge >= 0.3 is 12.1 Å². The number of carbonyl (C=O) groups is 3. The number of carbonyl (C=O) groups excluding carboxylic acids is 2. The topological polar surface area (TPSA) is 114 Å². The summed E-state index contributed by atoms with van der Waals surface area (Å²) in [7, 11) is 1.58. The molecule has 8 heteroatoms. The minimum Gasteiger partial charge on any atom is -0.481 e. The third kappa shape index (κ3) is 7.29. The Balaban J connectivity index is 1.58. The highest BCUT2D eigenvalue weighted by Crippen LogP contribution is 2.44. The molecule has 0 aliphatic heterocycles. The van der Waals surface area contributed by atoms with Crippen LogP contribution in [0.4, 0.5) is 4.79 Å². The number of carboxylic acids is 1. The van der Waals surface area contributed by atoms with E-state index in [0.29, 0.717) is 32.3 Å². The maximum absolute atomic E-state index is 12.8. The number of amides is 2. The van der Waals surface area contributed by atoms with Gasteiger partial charge in [0, 0.05) is 32.1 Å². The summed E-state index contributed by atoms with van der Waals surface area (Å²) in [5.41, 5.74) is 4.52. The number of alkyl carbamates (subject to hydrolysis) is 1. The maximum Gasteiger partial charge on any atom is 0.407 e. The molecular formula is C27H34N2O6. The van der Waals surface area contributed by atoms with E-state index in [4.69, 9.17) is 14.6 Å². The minimum absolute atomic E-state index is 0.0511. The summed E-state index contributed by atoms with van der Waals surface area (Å²) in [4.78, 5) is 36.2. The average Bonchev–Trinajstić information content (AvgIpc) is 3.15. The summed E-state index contributed by atoms with van der Waals surface area (Å²) in [5.74, 6) is -1.25. The number of nitrogens with one attached hydrogen (secondary N) is 2. The van der Waals surface area contributed by atoms with E-state index in [0.717, 1.165) is 22.3 Å². The normalized spacial score (nSPS) is 13.9. The highest BCUT2D eigenvalue weighted by Gasteiger charge is 2.30. The van der Waals surface area contributed by atoms with Gasteiger partial charge in [0.25, 0.3) is 0 Å². The monoisotopic (exact) mass is 482 g/mol. The van der Waals surface area contributed by atoms with Gasteiger partial charge in [-0.2, -0.15) is 0 Å². The molecule has 2 unspecified atom stereocenters. The number of hydrogen-bond acceptors (Lipinski definition) is 5. The molecule has 0 spiro atoms. The van der Waals surface area contributed by atoms with Crippen LogP contribution in [0.5, 0.6) is 0 Å². The zero-order valence-corrected chi connectivity index (χ0v) is 20.3. The first-order chi connectivity index (χ1) is 16.9. The van der Waals surface area contributed by atoms with Crippen LogP contribution in [0.2, 0.25) is 0 Å². The van der Waals surface area contributed by atoms with Crippen LogP contribution in [0.25, 0.3) is 11.1 Å². The van der Waals surface area contributed by atoms with Crippen LogP contribution in [-0.2, 0) is 19.1 Å². The summed E-state index contributed by atoms with van der Waals surface area (Å²) in [6.45, 7) is 2.45. The van der Waals surface area contributed by atoms with Crippen molar-refractivity contribution in [1.29, 1.82) is 0 Å². The van der Waals surface area contributed by atoms with Crippen molar-refractivity contribution in [2.24, 2.45) is 0 Å². The lowest BCUT2D eigenvalue weighted by Crippen LogP contribution is -2.49. The van der Waals surface area contributed by atoms with Crippen LogP contribution < -0.4 is 10.6 Å². The Kier molecular flexibility index (Phi) is 9.66. The Hall–Kier alpha value is -3.39. The molecule has 0 heterocycles. The summed E-state index contributed by atoms with van der Waals surface area (Å²) >= 11 is 0. The number of ether oxygens (including phenoxy) is 2. The number of hydrogen-bond donors (Lipinski definition) is 3. The average molecular weight is 483 g/mol. The highest BCUT2D eigenvalue weighted by molar-refractivity contribution is 5.86. The van der Waals surface area contributed by atoms with E-state index < -0.39 is 18.1 Å². The fourth-order valence-electron chi connectivity index (χ4n) is 4.46. The van der Waals surface area contributed by atoms with Crippen molar-refractivity contribution in [3.63, 3.8) is 0 Å². The first-order valence-corrected chi connectivity index (χ1v) is 12.0. The molecule has 2 aromatic rings. The van der Waals surface area contributed by atoms with Gasteiger partial charge in [0.15, 0.2) is 0 Å². The van der Waals surface area contributed by atoms with Gasteiger partial charge in [0.1, 0.15) is 12.6 Å². The predicted octanol–water partition coefficient (Wildman–Crippen LogP) is 4.08. The number of rotatable bonds is 13. The summed E-state index contributed by atoms with van der Waals surface area (Å²) in [5, 5.41) is 14.4. The van der Waals surface area contributed by atoms with Crippen molar-refractivity contribution in [2.75, 3.05) is 20.3 Å². The smallest absolute Gasteiger partial charge is 0.407 e. The summed E-state index contributed by atoms with van der Waals surface area (Å²) in [6, 6.07) is 15.2. The zero-order valence-electron chi connectivity index (χ0n) is 20.3. The van der Waals surface area contributed by atoms with Gasteiger partial charge in [-0.05, 0) is 54.9 Å². The molecule has 0 aromatic heterocycles. The van der Waals surface area contributed by atoms with Crippen molar-refractivity contribution in [1.82, 2.24) is 10.6 Å². The SMILES string of the molecule is COCCCC(NC(=O)OCC1c2ccccc2-c2ccccc21)C(=O)NC(C)CCCC(=O)O. The van der Waals surface area contributed by atoms with Gasteiger partial charge in [-0.25, -0.2) is 4.79 Å². The second-order valence-corrected chi connectivity index (χ2v) is 8.85. The van der Waals surface area contributed by atoms with Gasteiger partial charge in [-0.1, -0.05) is 48.5 Å². The molecule has 0 bridgehead atoms. The Bertz CT molecular complexity index is 979. The number of fused-ring (bicyclic) bond motifs is 3. The van der Waals surface area contributed by atoms with Crippen LogP contribution in [0.15, 0.2) is 48.5 Å². The molecule has 0 saturated heterocycles. The molecule has 0 fully saturated rings. The predicted molar refractivity (Wildman–Crippen MR) is 132 cm³/mol. The third-order valence-electron chi connectivity index (χ3n) is 6.21. The molecule has 8 nitrogen and oxygen atoms in total. The lowest BCUT2D eigenvalue weighted by molar-refractivity contribution is -0.137. The Morgan fingerprint density at radius 2 is 1.57 bits per heavy atom. The summed E-state index contributed by atoms with van der Waals surface area (Å²) < 4.78 is 10.7. The first-order valence-electron chi connectivity index (χ1n) is 12.0. The van der Waals surface area contributed by atoms with E-state index in [1.54, 1.807) is 7.11 Å². The molecule has 35 heavy (non-hydrogen) atoms. The molecule has 0 radical (unpaired) electrons. The molecule has 3 rings (SSSR count). The van der Waals surface area contributed by atoms with Crippen molar-refractivity contribution in [3.8, 4) is 11.1 Å². The summed E-state index contributed by atoms with van der Waals surface area (Å²) in [6.07, 6.45) is 1.38. The molecule has 1 aliphatic carbocycles. The van der Waals surface area contributed by atoms with Crippen LogP contribution in [0.3, 0.4) is 0 Å². The standard InChI is InChI=1S/C27H34N2O6/c1-18(9-7-15-25(30)31)28-26(32)24(14-8-16-34-2)29-27(33)35-17-23-21-12-5-3-10-19(21)20-11-4-6-13-22(20)23/h3-6,10-13,18,23-24H,7-9,14-17H2,1-2H3,(H,28,32)(H,29,33)(H,30,31). The van der Waals surface area contributed by atoms with Gasteiger partial charge in [-0.3, -0.25) is 9.59 Å². The van der Waals surface area contributed by atoms with Crippen LogP contribution >= 0.6 is 0 Å². The lowest BCUT2D eigenvalue weighted by atomic mass is 9.98. The minimum atomic E-state index is -0.863. The third-order valence-corrected chi connectivity index (χ3v) is 6.21. The number of benzene rings is 2. The second-order valence-electron chi connectivity index (χ2n) is 8.85. The maximum atomic E-state index is 12.8. The van der Waals surface area contributed by atoms with Crippen molar-refractivity contribution >= 4 is 18.0 Å². The molecule has 2 atom stereocenters. The quantitative estimate of drug-likeness (QED) is 0.371. The second kappa shape index (κ2) is 12.9. The Labute approximate surface area is 206 Å². The highest BCUT2D eigenvalue weighted by atomic mass is 16.5. The fourth-order valence-corrected chi connectivity index (χ4v) is 4.46. The largest absolute Gasteiger partial charge is 0.481 e. The van der Waals surface area contributed by atoms with Crippen molar-refractivity contribution in [3.05, 3.63) is 59.7 Å². The van der Waals surface area contributed by atoms with Gasteiger partial charge in [0.05, 0.1) is 0 Å². The molecule has 188 valence electrons. The van der Waals surface area contributed by atoms with E-state index >= 15 is 0 Å². The number of aliphatic carboxylic acids is 1. The lowest BCUT2D eigenvalue weighted by Gasteiger charge is -2.22. The van der Waals surface area contributed by atoms with Crippen molar-refractivity contribution < 1.29 is 29.0 Å². The molecule has 3 N–H and O–H groups in total. The molecule has 2 aromatic carbocycles. The van der Waals surface area contributed by atoms with Crippen LogP contribution in [0.1, 0.15) is 56.1 Å². The molecule has 2 amide bonds. The molecular weight excluding hydrogens is 448 g/mol.